The second kappa shape index (κ2) is 7.35. The third kappa shape index (κ3) is 5.08. The molecule has 0 amide bonds. The van der Waals surface area contributed by atoms with Crippen LogP contribution in [0.5, 0.6) is 11.5 Å². The lowest BCUT2D eigenvalue weighted by atomic mass is 10.3. The number of likely N-dealkylation sites (N-methyl/N-ethyl adjacent to an activating group) is 1. The van der Waals surface area contributed by atoms with E-state index in [1.165, 1.54) is 4.31 Å². The number of ether oxygens (including phenoxy) is 2. The molecular formula is C13H21NO4S. The van der Waals surface area contributed by atoms with Crippen molar-refractivity contribution in [3.63, 3.8) is 0 Å². The van der Waals surface area contributed by atoms with Gasteiger partial charge >= 0.3 is 0 Å². The molecule has 0 aliphatic rings. The summed E-state index contributed by atoms with van der Waals surface area (Å²) in [6.07, 6.45) is 0.617. The summed E-state index contributed by atoms with van der Waals surface area (Å²) in [6, 6.07) is 7.18. The average molecular weight is 287 g/mol. The van der Waals surface area contributed by atoms with Crippen LogP contribution in [0.2, 0.25) is 0 Å². The van der Waals surface area contributed by atoms with Crippen molar-refractivity contribution in [2.24, 2.45) is 0 Å². The van der Waals surface area contributed by atoms with E-state index in [0.717, 1.165) is 5.75 Å². The Labute approximate surface area is 115 Å². The highest BCUT2D eigenvalue weighted by Crippen LogP contribution is 2.16. The van der Waals surface area contributed by atoms with E-state index in [4.69, 9.17) is 9.47 Å². The van der Waals surface area contributed by atoms with Crippen LogP contribution in [-0.4, -0.2) is 45.8 Å². The largest absolute Gasteiger partial charge is 0.497 e. The topological polar surface area (TPSA) is 55.8 Å². The summed E-state index contributed by atoms with van der Waals surface area (Å²) in [7, 11) is 0.0303. The molecule has 0 fully saturated rings. The Morgan fingerprint density at radius 2 is 1.74 bits per heavy atom. The zero-order valence-corrected chi connectivity index (χ0v) is 12.4. The van der Waals surface area contributed by atoms with Gasteiger partial charge in [-0.1, -0.05) is 6.92 Å². The summed E-state index contributed by atoms with van der Waals surface area (Å²) < 4.78 is 35.3. The summed E-state index contributed by atoms with van der Waals surface area (Å²) >= 11 is 0. The molecule has 0 bridgehead atoms. The van der Waals surface area contributed by atoms with Crippen molar-refractivity contribution in [1.29, 1.82) is 0 Å². The standard InChI is InChI=1S/C13H21NO4S/c1-4-11-19(15,16)14(2)9-10-18-13-7-5-12(17-3)6-8-13/h5-8H,4,9-11H2,1-3H3. The van der Waals surface area contributed by atoms with Gasteiger partial charge in [-0.05, 0) is 30.7 Å². The number of hydrogen-bond donors (Lipinski definition) is 0. The van der Waals surface area contributed by atoms with Gasteiger partial charge in [0.1, 0.15) is 18.1 Å². The number of benzene rings is 1. The van der Waals surface area contributed by atoms with Gasteiger partial charge in [-0.3, -0.25) is 0 Å². The maximum atomic E-state index is 11.7. The van der Waals surface area contributed by atoms with E-state index in [1.54, 1.807) is 38.4 Å². The van der Waals surface area contributed by atoms with Gasteiger partial charge in [-0.15, -0.1) is 0 Å². The van der Waals surface area contributed by atoms with E-state index in [0.29, 0.717) is 25.3 Å². The maximum absolute atomic E-state index is 11.7. The van der Waals surface area contributed by atoms with Crippen LogP contribution < -0.4 is 9.47 Å². The van der Waals surface area contributed by atoms with Gasteiger partial charge in [0, 0.05) is 13.6 Å². The van der Waals surface area contributed by atoms with Gasteiger partial charge in [0.05, 0.1) is 12.9 Å². The van der Waals surface area contributed by atoms with E-state index in [-0.39, 0.29) is 5.75 Å². The molecule has 0 saturated heterocycles. The lowest BCUT2D eigenvalue weighted by Gasteiger charge is -2.17. The third-order valence-corrected chi connectivity index (χ3v) is 4.73. The first-order valence-electron chi connectivity index (χ1n) is 6.20. The fourth-order valence-electron chi connectivity index (χ4n) is 1.52. The summed E-state index contributed by atoms with van der Waals surface area (Å²) in [6.45, 7) is 2.51. The van der Waals surface area contributed by atoms with Crippen LogP contribution in [0.4, 0.5) is 0 Å². The van der Waals surface area contributed by atoms with Gasteiger partial charge in [0.15, 0.2) is 0 Å². The molecule has 0 radical (unpaired) electrons. The molecule has 0 unspecified atom stereocenters. The monoisotopic (exact) mass is 287 g/mol. The van der Waals surface area contributed by atoms with Crippen LogP contribution in [0.15, 0.2) is 24.3 Å². The van der Waals surface area contributed by atoms with Gasteiger partial charge in [0.2, 0.25) is 10.0 Å². The smallest absolute Gasteiger partial charge is 0.213 e. The highest BCUT2D eigenvalue weighted by Gasteiger charge is 2.15. The lowest BCUT2D eigenvalue weighted by Crippen LogP contribution is -2.32. The van der Waals surface area contributed by atoms with Crippen LogP contribution >= 0.6 is 0 Å². The first-order valence-corrected chi connectivity index (χ1v) is 7.81. The molecule has 0 N–H and O–H groups in total. The number of nitrogens with zero attached hydrogens (tertiary/aromatic N) is 1. The minimum absolute atomic E-state index is 0.173. The Hall–Kier alpha value is -1.27. The van der Waals surface area contributed by atoms with Crippen molar-refractivity contribution in [1.82, 2.24) is 4.31 Å². The third-order valence-electron chi connectivity index (χ3n) is 2.67. The molecule has 0 aromatic heterocycles. The summed E-state index contributed by atoms with van der Waals surface area (Å²) in [4.78, 5) is 0. The molecular weight excluding hydrogens is 266 g/mol. The second-order valence-corrected chi connectivity index (χ2v) is 6.36. The predicted molar refractivity (Wildman–Crippen MR) is 75.2 cm³/mol. The Bertz CT molecular complexity index is 470. The summed E-state index contributed by atoms with van der Waals surface area (Å²) in [5.41, 5.74) is 0. The molecule has 0 saturated carbocycles. The number of hydrogen-bond acceptors (Lipinski definition) is 4. The SMILES string of the molecule is CCCS(=O)(=O)N(C)CCOc1ccc(OC)cc1. The van der Waals surface area contributed by atoms with Crippen LogP contribution in [0.25, 0.3) is 0 Å². The molecule has 19 heavy (non-hydrogen) atoms. The average Bonchev–Trinajstić information content (AvgIpc) is 2.39. The molecule has 108 valence electrons. The molecule has 1 aromatic rings. The van der Waals surface area contributed by atoms with Crippen molar-refractivity contribution >= 4 is 10.0 Å². The molecule has 0 spiro atoms. The molecule has 5 nitrogen and oxygen atoms in total. The zero-order valence-electron chi connectivity index (χ0n) is 11.6. The maximum Gasteiger partial charge on any atom is 0.213 e. The highest BCUT2D eigenvalue weighted by molar-refractivity contribution is 7.89. The first-order chi connectivity index (χ1) is 8.99. The van der Waals surface area contributed by atoms with E-state index in [1.807, 2.05) is 6.92 Å². The number of methoxy groups -OCH3 is 1. The fourth-order valence-corrected chi connectivity index (χ4v) is 2.70. The van der Waals surface area contributed by atoms with Crippen molar-refractivity contribution in [2.75, 3.05) is 33.1 Å². The fraction of sp³-hybridized carbons (Fsp3) is 0.538. The summed E-state index contributed by atoms with van der Waals surface area (Å²) in [5.74, 6) is 1.63. The molecule has 1 aromatic carbocycles. The lowest BCUT2D eigenvalue weighted by molar-refractivity contribution is 0.286. The van der Waals surface area contributed by atoms with E-state index >= 15 is 0 Å². The molecule has 0 aliphatic heterocycles. The Morgan fingerprint density at radius 3 is 2.26 bits per heavy atom. The summed E-state index contributed by atoms with van der Waals surface area (Å²) in [5, 5.41) is 0. The highest BCUT2D eigenvalue weighted by atomic mass is 32.2. The molecule has 0 atom stereocenters. The van der Waals surface area contributed by atoms with Crippen molar-refractivity contribution < 1.29 is 17.9 Å². The molecule has 1 rings (SSSR count). The number of rotatable bonds is 8. The van der Waals surface area contributed by atoms with E-state index < -0.39 is 10.0 Å². The first kappa shape index (κ1) is 15.8. The minimum Gasteiger partial charge on any atom is -0.497 e. The van der Waals surface area contributed by atoms with Crippen LogP contribution in [-0.2, 0) is 10.0 Å². The number of sulfonamides is 1. The van der Waals surface area contributed by atoms with Gasteiger partial charge in [0.25, 0.3) is 0 Å². The van der Waals surface area contributed by atoms with Gasteiger partial charge < -0.3 is 9.47 Å². The zero-order chi connectivity index (χ0) is 14.3. The van der Waals surface area contributed by atoms with E-state index in [2.05, 4.69) is 0 Å². The Morgan fingerprint density at radius 1 is 1.16 bits per heavy atom. The quantitative estimate of drug-likeness (QED) is 0.731. The van der Waals surface area contributed by atoms with Crippen molar-refractivity contribution in [3.05, 3.63) is 24.3 Å². The van der Waals surface area contributed by atoms with Crippen LogP contribution in [0.1, 0.15) is 13.3 Å². The molecule has 0 heterocycles. The molecule has 6 heteroatoms. The normalized spacial score (nSPS) is 11.6. The van der Waals surface area contributed by atoms with Gasteiger partial charge in [-0.25, -0.2) is 12.7 Å². The minimum atomic E-state index is -3.14. The molecule has 0 aliphatic carbocycles. The van der Waals surface area contributed by atoms with Crippen molar-refractivity contribution in [3.8, 4) is 11.5 Å². The Balaban J connectivity index is 2.41. The second-order valence-electron chi connectivity index (χ2n) is 4.16. The predicted octanol–water partition coefficient (Wildman–Crippen LogP) is 1.75. The Kier molecular flexibility index (Phi) is 6.11. The van der Waals surface area contributed by atoms with Crippen LogP contribution in [0, 0.1) is 0 Å². The van der Waals surface area contributed by atoms with Crippen LogP contribution in [0.3, 0.4) is 0 Å². The van der Waals surface area contributed by atoms with E-state index in [9.17, 15) is 8.42 Å². The van der Waals surface area contributed by atoms with Gasteiger partial charge in [-0.2, -0.15) is 0 Å². The van der Waals surface area contributed by atoms with Crippen molar-refractivity contribution in [2.45, 2.75) is 13.3 Å².